The van der Waals surface area contributed by atoms with Crippen LogP contribution in [0.4, 0.5) is 11.4 Å². The summed E-state index contributed by atoms with van der Waals surface area (Å²) in [6, 6.07) is 17.1. The number of piperidine rings is 1. The molecule has 2 saturated heterocycles. The maximum absolute atomic E-state index is 12.7. The summed E-state index contributed by atoms with van der Waals surface area (Å²) in [4.78, 5) is 20.0. The third-order valence-electron chi connectivity index (χ3n) is 6.49. The zero-order valence-corrected chi connectivity index (χ0v) is 18.3. The van der Waals surface area contributed by atoms with Crippen molar-refractivity contribution in [2.45, 2.75) is 26.3 Å². The molecule has 5 heteroatoms. The van der Waals surface area contributed by atoms with Crippen LogP contribution in [0, 0.1) is 12.8 Å². The van der Waals surface area contributed by atoms with E-state index < -0.39 is 0 Å². The molecule has 30 heavy (non-hydrogen) atoms. The molecule has 4 rings (SSSR count). The van der Waals surface area contributed by atoms with Gasteiger partial charge in [0.15, 0.2) is 0 Å². The zero-order chi connectivity index (χ0) is 20.9. The van der Waals surface area contributed by atoms with E-state index in [1.54, 1.807) is 0 Å². The number of nitrogens with one attached hydrogen (secondary N) is 1. The van der Waals surface area contributed by atoms with E-state index in [2.05, 4.69) is 70.4 Å². The SMILES string of the molecule is Cc1ccc(CN2CCC(C(=O)Nc3ccc(N4CCN(C)CC4)cc3)CC2)cc1. The number of hydrogen-bond donors (Lipinski definition) is 1. The van der Waals surface area contributed by atoms with Crippen LogP contribution in [-0.2, 0) is 11.3 Å². The summed E-state index contributed by atoms with van der Waals surface area (Å²) in [6.45, 7) is 9.37. The third-order valence-corrected chi connectivity index (χ3v) is 6.49. The van der Waals surface area contributed by atoms with Crippen molar-refractivity contribution in [3.05, 3.63) is 59.7 Å². The van der Waals surface area contributed by atoms with Gasteiger partial charge in [0.25, 0.3) is 0 Å². The molecular weight excluding hydrogens is 372 g/mol. The van der Waals surface area contributed by atoms with Gasteiger partial charge in [-0.3, -0.25) is 9.69 Å². The van der Waals surface area contributed by atoms with Crippen LogP contribution >= 0.6 is 0 Å². The maximum Gasteiger partial charge on any atom is 0.227 e. The van der Waals surface area contributed by atoms with Gasteiger partial charge in [-0.2, -0.15) is 0 Å². The predicted molar refractivity (Wildman–Crippen MR) is 124 cm³/mol. The highest BCUT2D eigenvalue weighted by Crippen LogP contribution is 2.23. The summed E-state index contributed by atoms with van der Waals surface area (Å²) in [5.74, 6) is 0.272. The Kier molecular flexibility index (Phi) is 6.70. The van der Waals surface area contributed by atoms with Gasteiger partial charge in [0.05, 0.1) is 0 Å². The molecule has 160 valence electrons. The fourth-order valence-corrected chi connectivity index (χ4v) is 4.37. The Hall–Kier alpha value is -2.37. The molecular formula is C25H34N4O. The standard InChI is InChI=1S/C25H34N4O/c1-20-3-5-21(6-4-20)19-28-13-11-22(12-14-28)25(30)26-23-7-9-24(10-8-23)29-17-15-27(2)16-18-29/h3-10,22H,11-19H2,1-2H3,(H,26,30). The van der Waals surface area contributed by atoms with Crippen LogP contribution in [0.2, 0.25) is 0 Å². The molecule has 0 spiro atoms. The molecule has 0 saturated carbocycles. The molecule has 0 unspecified atom stereocenters. The highest BCUT2D eigenvalue weighted by atomic mass is 16.1. The summed E-state index contributed by atoms with van der Waals surface area (Å²) in [7, 11) is 2.17. The van der Waals surface area contributed by atoms with E-state index in [0.29, 0.717) is 0 Å². The second kappa shape index (κ2) is 9.63. The number of carbonyl (C=O) groups is 1. The normalized spacial score (nSPS) is 19.1. The fraction of sp³-hybridized carbons (Fsp3) is 0.480. The number of likely N-dealkylation sites (tertiary alicyclic amines) is 1. The Morgan fingerprint density at radius 3 is 2.17 bits per heavy atom. The van der Waals surface area contributed by atoms with E-state index in [1.807, 2.05) is 12.1 Å². The number of benzene rings is 2. The first-order chi connectivity index (χ1) is 14.6. The molecule has 2 aliphatic heterocycles. The molecule has 1 N–H and O–H groups in total. The first kappa shape index (κ1) is 20.9. The number of hydrogen-bond acceptors (Lipinski definition) is 4. The van der Waals surface area contributed by atoms with Crippen LogP contribution in [0.3, 0.4) is 0 Å². The molecule has 0 radical (unpaired) electrons. The Morgan fingerprint density at radius 2 is 1.53 bits per heavy atom. The Balaban J connectivity index is 1.24. The van der Waals surface area contributed by atoms with Crippen LogP contribution < -0.4 is 10.2 Å². The molecule has 5 nitrogen and oxygen atoms in total. The van der Waals surface area contributed by atoms with Gasteiger partial charge in [0.2, 0.25) is 5.91 Å². The van der Waals surface area contributed by atoms with Gasteiger partial charge in [-0.05, 0) is 69.7 Å². The second-order valence-electron chi connectivity index (χ2n) is 8.86. The lowest BCUT2D eigenvalue weighted by Crippen LogP contribution is -2.44. The number of anilines is 2. The van der Waals surface area contributed by atoms with E-state index >= 15 is 0 Å². The van der Waals surface area contributed by atoms with Gasteiger partial charge in [-0.1, -0.05) is 29.8 Å². The molecule has 0 atom stereocenters. The maximum atomic E-state index is 12.7. The van der Waals surface area contributed by atoms with Crippen LogP contribution in [0.15, 0.2) is 48.5 Å². The molecule has 0 aliphatic carbocycles. The van der Waals surface area contributed by atoms with E-state index in [4.69, 9.17) is 0 Å². The monoisotopic (exact) mass is 406 g/mol. The largest absolute Gasteiger partial charge is 0.369 e. The van der Waals surface area contributed by atoms with Crippen molar-refractivity contribution in [1.82, 2.24) is 9.80 Å². The van der Waals surface area contributed by atoms with E-state index in [1.165, 1.54) is 16.8 Å². The number of nitrogens with zero attached hydrogens (tertiary/aromatic N) is 3. The van der Waals surface area contributed by atoms with Gasteiger partial charge >= 0.3 is 0 Å². The van der Waals surface area contributed by atoms with Crippen molar-refractivity contribution >= 4 is 17.3 Å². The van der Waals surface area contributed by atoms with E-state index in [9.17, 15) is 4.79 Å². The summed E-state index contributed by atoms with van der Waals surface area (Å²) >= 11 is 0. The quantitative estimate of drug-likeness (QED) is 0.824. The van der Waals surface area contributed by atoms with E-state index in [0.717, 1.165) is 64.3 Å². The predicted octanol–water partition coefficient (Wildman–Crippen LogP) is 3.60. The average molecular weight is 407 g/mol. The summed E-state index contributed by atoms with van der Waals surface area (Å²) < 4.78 is 0. The molecule has 0 aromatic heterocycles. The van der Waals surface area contributed by atoms with Crippen molar-refractivity contribution in [2.75, 3.05) is 56.5 Å². The zero-order valence-electron chi connectivity index (χ0n) is 18.3. The van der Waals surface area contributed by atoms with Crippen LogP contribution in [0.5, 0.6) is 0 Å². The number of amides is 1. The smallest absolute Gasteiger partial charge is 0.227 e. The number of piperazine rings is 1. The van der Waals surface area contributed by atoms with Crippen LogP contribution in [0.25, 0.3) is 0 Å². The van der Waals surface area contributed by atoms with Crippen molar-refractivity contribution in [3.8, 4) is 0 Å². The highest BCUT2D eigenvalue weighted by Gasteiger charge is 2.25. The number of rotatable bonds is 5. The van der Waals surface area contributed by atoms with Crippen molar-refractivity contribution < 1.29 is 4.79 Å². The summed E-state index contributed by atoms with van der Waals surface area (Å²) in [5, 5.41) is 3.14. The highest BCUT2D eigenvalue weighted by molar-refractivity contribution is 5.92. The molecule has 1 amide bonds. The first-order valence-corrected chi connectivity index (χ1v) is 11.2. The van der Waals surface area contributed by atoms with Gasteiger partial charge in [-0.15, -0.1) is 0 Å². The Bertz CT molecular complexity index is 817. The number of carbonyl (C=O) groups excluding carboxylic acids is 1. The average Bonchev–Trinajstić information content (AvgIpc) is 2.77. The van der Waals surface area contributed by atoms with Gasteiger partial charge in [-0.25, -0.2) is 0 Å². The molecule has 0 bridgehead atoms. The number of likely N-dealkylation sites (N-methyl/N-ethyl adjacent to an activating group) is 1. The minimum absolute atomic E-state index is 0.108. The molecule has 2 fully saturated rings. The molecule has 2 aromatic rings. The van der Waals surface area contributed by atoms with Crippen LogP contribution in [-0.4, -0.2) is 62.0 Å². The van der Waals surface area contributed by atoms with Crippen molar-refractivity contribution in [1.29, 1.82) is 0 Å². The Morgan fingerprint density at radius 1 is 0.900 bits per heavy atom. The fourth-order valence-electron chi connectivity index (χ4n) is 4.37. The van der Waals surface area contributed by atoms with Gasteiger partial charge < -0.3 is 15.1 Å². The third kappa shape index (κ3) is 5.41. The summed E-state index contributed by atoms with van der Waals surface area (Å²) in [6.07, 6.45) is 1.86. The van der Waals surface area contributed by atoms with Crippen molar-refractivity contribution in [2.24, 2.45) is 5.92 Å². The lowest BCUT2D eigenvalue weighted by atomic mass is 9.95. The van der Waals surface area contributed by atoms with Gasteiger partial charge in [0, 0.05) is 50.0 Å². The molecule has 2 heterocycles. The summed E-state index contributed by atoms with van der Waals surface area (Å²) in [5.41, 5.74) is 4.79. The van der Waals surface area contributed by atoms with Crippen LogP contribution in [0.1, 0.15) is 24.0 Å². The molecule has 2 aliphatic rings. The Labute approximate surface area is 180 Å². The van der Waals surface area contributed by atoms with E-state index in [-0.39, 0.29) is 11.8 Å². The second-order valence-corrected chi connectivity index (χ2v) is 8.86. The first-order valence-electron chi connectivity index (χ1n) is 11.2. The molecule has 2 aromatic carbocycles. The number of aryl methyl sites for hydroxylation is 1. The van der Waals surface area contributed by atoms with Gasteiger partial charge in [0.1, 0.15) is 0 Å². The lowest BCUT2D eigenvalue weighted by Gasteiger charge is -2.34. The topological polar surface area (TPSA) is 38.8 Å². The van der Waals surface area contributed by atoms with Crippen molar-refractivity contribution in [3.63, 3.8) is 0 Å². The lowest BCUT2D eigenvalue weighted by molar-refractivity contribution is -0.121. The minimum Gasteiger partial charge on any atom is -0.369 e. The minimum atomic E-state index is 0.108.